The molecule has 1 atom stereocenters. The van der Waals surface area contributed by atoms with Crippen LogP contribution in [0.25, 0.3) is 0 Å². The van der Waals surface area contributed by atoms with E-state index in [2.05, 4.69) is 17.2 Å². The minimum atomic E-state index is -0.445. The topological polar surface area (TPSA) is 54.5 Å². The lowest BCUT2D eigenvalue weighted by atomic mass is 10.1. The smallest absolute Gasteiger partial charge is 0.410 e. The van der Waals surface area contributed by atoms with Crippen LogP contribution < -0.4 is 5.32 Å². The van der Waals surface area contributed by atoms with Crippen molar-refractivity contribution in [3.63, 3.8) is 0 Å². The van der Waals surface area contributed by atoms with Crippen LogP contribution in [0, 0.1) is 6.92 Å². The highest BCUT2D eigenvalue weighted by Crippen LogP contribution is 2.16. The van der Waals surface area contributed by atoms with Crippen LogP contribution in [0.2, 0.25) is 0 Å². The first-order valence-electron chi connectivity index (χ1n) is 8.46. The third kappa shape index (κ3) is 5.82. The van der Waals surface area contributed by atoms with Crippen molar-refractivity contribution >= 4 is 6.09 Å². The lowest BCUT2D eigenvalue weighted by Crippen LogP contribution is -2.44. The molecule has 0 spiro atoms. The number of aryl methyl sites for hydroxylation is 1. The molecule has 0 aromatic carbocycles. The molecule has 5 heteroatoms. The van der Waals surface area contributed by atoms with Crippen LogP contribution in [-0.2, 0) is 11.3 Å². The van der Waals surface area contributed by atoms with Gasteiger partial charge in [0.05, 0.1) is 0 Å². The number of hydrogen-bond donors (Lipinski definition) is 1. The summed E-state index contributed by atoms with van der Waals surface area (Å²) in [6, 6.07) is 2.32. The molecule has 1 aromatic heterocycles. The van der Waals surface area contributed by atoms with E-state index in [0.29, 0.717) is 12.6 Å². The van der Waals surface area contributed by atoms with Gasteiger partial charge in [-0.2, -0.15) is 0 Å². The van der Waals surface area contributed by atoms with Crippen molar-refractivity contribution in [2.24, 2.45) is 0 Å². The summed E-state index contributed by atoms with van der Waals surface area (Å²) in [4.78, 5) is 18.3. The molecule has 0 aliphatic carbocycles. The maximum absolute atomic E-state index is 12.3. The van der Waals surface area contributed by atoms with E-state index in [1.807, 2.05) is 44.1 Å². The number of rotatable bonds is 3. The van der Waals surface area contributed by atoms with Gasteiger partial charge in [0.25, 0.3) is 0 Å². The average molecular weight is 319 g/mol. The molecule has 0 bridgehead atoms. The highest BCUT2D eigenvalue weighted by Gasteiger charge is 2.26. The van der Waals surface area contributed by atoms with Crippen molar-refractivity contribution in [1.29, 1.82) is 0 Å². The maximum atomic E-state index is 12.3. The van der Waals surface area contributed by atoms with E-state index in [4.69, 9.17) is 4.74 Å². The van der Waals surface area contributed by atoms with Crippen LogP contribution >= 0.6 is 0 Å². The Morgan fingerprint density at radius 1 is 1.43 bits per heavy atom. The van der Waals surface area contributed by atoms with Crippen LogP contribution in [0.4, 0.5) is 4.79 Å². The zero-order chi connectivity index (χ0) is 16.9. The van der Waals surface area contributed by atoms with Crippen LogP contribution in [0.5, 0.6) is 0 Å². The molecular formula is C18H29N3O2. The summed E-state index contributed by atoms with van der Waals surface area (Å²) in [7, 11) is 0. The summed E-state index contributed by atoms with van der Waals surface area (Å²) in [6.45, 7) is 10.1. The predicted octanol–water partition coefficient (Wildman–Crippen LogP) is 3.27. The van der Waals surface area contributed by atoms with Gasteiger partial charge in [-0.05, 0) is 57.7 Å². The third-order valence-electron chi connectivity index (χ3n) is 4.05. The number of carbonyl (C=O) groups is 1. The van der Waals surface area contributed by atoms with Gasteiger partial charge in [0.1, 0.15) is 5.60 Å². The number of ether oxygens (including phenoxy) is 1. The van der Waals surface area contributed by atoms with Gasteiger partial charge in [-0.25, -0.2) is 4.79 Å². The SMILES string of the molecule is Cc1ccncc1CNC1CCCCN(C(=O)OC(C)(C)C)C1. The van der Waals surface area contributed by atoms with Crippen molar-refractivity contribution in [3.8, 4) is 0 Å². The minimum Gasteiger partial charge on any atom is -0.444 e. The van der Waals surface area contributed by atoms with Gasteiger partial charge in [-0.3, -0.25) is 4.98 Å². The predicted molar refractivity (Wildman–Crippen MR) is 91.3 cm³/mol. The molecule has 0 saturated carbocycles. The van der Waals surface area contributed by atoms with Crippen molar-refractivity contribution < 1.29 is 9.53 Å². The first kappa shape index (κ1) is 17.7. The normalized spacial score (nSPS) is 19.3. The standard InChI is InChI=1S/C18H29N3O2/c1-14-8-9-19-11-15(14)12-20-16-7-5-6-10-21(13-16)17(22)23-18(2,3)4/h8-9,11,16,20H,5-7,10,12-13H2,1-4H3. The van der Waals surface area contributed by atoms with Crippen LogP contribution in [0.3, 0.4) is 0 Å². The fraction of sp³-hybridized carbons (Fsp3) is 0.667. The first-order chi connectivity index (χ1) is 10.8. The molecular weight excluding hydrogens is 290 g/mol. The summed E-state index contributed by atoms with van der Waals surface area (Å²) >= 11 is 0. The number of amides is 1. The number of nitrogens with one attached hydrogen (secondary N) is 1. The molecule has 1 aliphatic heterocycles. The van der Waals surface area contributed by atoms with Crippen molar-refractivity contribution in [2.75, 3.05) is 13.1 Å². The van der Waals surface area contributed by atoms with Crippen molar-refractivity contribution in [2.45, 2.75) is 65.1 Å². The Hall–Kier alpha value is -1.62. The van der Waals surface area contributed by atoms with Crippen molar-refractivity contribution in [1.82, 2.24) is 15.2 Å². The van der Waals surface area contributed by atoms with E-state index >= 15 is 0 Å². The molecule has 2 heterocycles. The zero-order valence-electron chi connectivity index (χ0n) is 14.8. The monoisotopic (exact) mass is 319 g/mol. The fourth-order valence-electron chi connectivity index (χ4n) is 2.74. The Bertz CT molecular complexity index is 525. The van der Waals surface area contributed by atoms with E-state index in [-0.39, 0.29) is 6.09 Å². The van der Waals surface area contributed by atoms with Gasteiger partial charge in [0.15, 0.2) is 0 Å². The summed E-state index contributed by atoms with van der Waals surface area (Å²) in [5.41, 5.74) is 2.00. The molecule has 1 aliphatic rings. The van der Waals surface area contributed by atoms with E-state index < -0.39 is 5.60 Å². The second kappa shape index (κ2) is 7.77. The Balaban J connectivity index is 1.92. The van der Waals surface area contributed by atoms with Crippen LogP contribution in [0.1, 0.15) is 51.2 Å². The first-order valence-corrected chi connectivity index (χ1v) is 8.46. The Morgan fingerprint density at radius 2 is 2.22 bits per heavy atom. The number of hydrogen-bond acceptors (Lipinski definition) is 4. The van der Waals surface area contributed by atoms with Crippen molar-refractivity contribution in [3.05, 3.63) is 29.6 Å². The van der Waals surface area contributed by atoms with E-state index in [0.717, 1.165) is 32.4 Å². The lowest BCUT2D eigenvalue weighted by molar-refractivity contribution is 0.0243. The second-order valence-corrected chi connectivity index (χ2v) is 7.30. The lowest BCUT2D eigenvalue weighted by Gasteiger charge is -2.28. The number of likely N-dealkylation sites (tertiary alicyclic amines) is 1. The minimum absolute atomic E-state index is 0.205. The maximum Gasteiger partial charge on any atom is 0.410 e. The van der Waals surface area contributed by atoms with Crippen LogP contribution in [0.15, 0.2) is 18.5 Å². The molecule has 1 N–H and O–H groups in total. The summed E-state index contributed by atoms with van der Waals surface area (Å²) < 4.78 is 5.51. The van der Waals surface area contributed by atoms with Gasteiger partial charge >= 0.3 is 6.09 Å². The molecule has 128 valence electrons. The summed E-state index contributed by atoms with van der Waals surface area (Å²) in [6.07, 6.45) is 6.76. The molecule has 1 unspecified atom stereocenters. The largest absolute Gasteiger partial charge is 0.444 e. The number of pyridine rings is 1. The Kier molecular flexibility index (Phi) is 5.99. The number of aromatic nitrogens is 1. The third-order valence-corrected chi connectivity index (χ3v) is 4.05. The van der Waals surface area contributed by atoms with Gasteiger partial charge in [-0.1, -0.05) is 6.42 Å². The average Bonchev–Trinajstić information content (AvgIpc) is 2.70. The van der Waals surface area contributed by atoms with Gasteiger partial charge in [0, 0.05) is 38.1 Å². The number of nitrogens with zero attached hydrogens (tertiary/aromatic N) is 2. The van der Waals surface area contributed by atoms with E-state index in [1.54, 1.807) is 0 Å². The van der Waals surface area contributed by atoms with Gasteiger partial charge < -0.3 is 15.0 Å². The molecule has 0 radical (unpaired) electrons. The second-order valence-electron chi connectivity index (χ2n) is 7.30. The summed E-state index contributed by atoms with van der Waals surface area (Å²) in [5, 5.41) is 3.58. The number of carbonyl (C=O) groups excluding carboxylic acids is 1. The zero-order valence-corrected chi connectivity index (χ0v) is 14.8. The highest BCUT2D eigenvalue weighted by molar-refractivity contribution is 5.68. The molecule has 5 nitrogen and oxygen atoms in total. The molecule has 1 amide bonds. The highest BCUT2D eigenvalue weighted by atomic mass is 16.6. The summed E-state index contributed by atoms with van der Waals surface area (Å²) in [5.74, 6) is 0. The van der Waals surface area contributed by atoms with Crippen LogP contribution in [-0.4, -0.2) is 40.7 Å². The van der Waals surface area contributed by atoms with Gasteiger partial charge in [-0.15, -0.1) is 0 Å². The van der Waals surface area contributed by atoms with Gasteiger partial charge in [0.2, 0.25) is 0 Å². The molecule has 1 saturated heterocycles. The Labute approximate surface area is 139 Å². The molecule has 2 rings (SSSR count). The Morgan fingerprint density at radius 3 is 2.91 bits per heavy atom. The molecule has 1 aromatic rings. The van der Waals surface area contributed by atoms with E-state index in [1.165, 1.54) is 11.1 Å². The fourth-order valence-corrected chi connectivity index (χ4v) is 2.74. The van der Waals surface area contributed by atoms with E-state index in [9.17, 15) is 4.79 Å². The molecule has 1 fully saturated rings. The molecule has 23 heavy (non-hydrogen) atoms. The quantitative estimate of drug-likeness (QED) is 0.929.